The van der Waals surface area contributed by atoms with Crippen LogP contribution in [0.25, 0.3) is 0 Å². The number of carbonyl (C=O) groups is 1. The highest BCUT2D eigenvalue weighted by atomic mass is 16.5. The minimum atomic E-state index is -0.426. The largest absolute Gasteiger partial charge is 0.381 e. The summed E-state index contributed by atoms with van der Waals surface area (Å²) in [5.41, 5.74) is 7.90. The summed E-state index contributed by atoms with van der Waals surface area (Å²) in [5.74, 6) is 0.0796. The number of aryl methyl sites for hydroxylation is 1. The van der Waals surface area contributed by atoms with E-state index in [0.29, 0.717) is 26.3 Å². The Morgan fingerprint density at radius 3 is 2.80 bits per heavy atom. The van der Waals surface area contributed by atoms with Crippen molar-refractivity contribution in [3.63, 3.8) is 0 Å². The van der Waals surface area contributed by atoms with Gasteiger partial charge in [-0.05, 0) is 31.7 Å². The van der Waals surface area contributed by atoms with Crippen LogP contribution in [-0.4, -0.2) is 32.2 Å². The van der Waals surface area contributed by atoms with Crippen molar-refractivity contribution in [2.45, 2.75) is 26.2 Å². The van der Waals surface area contributed by atoms with Crippen molar-refractivity contribution < 1.29 is 9.53 Å². The SMILES string of the molecule is Cc1cccc(CCNC(=O)C2(CN)CCOCC2)c1. The minimum Gasteiger partial charge on any atom is -0.381 e. The molecule has 0 radical (unpaired) electrons. The molecule has 1 aliphatic rings. The Morgan fingerprint density at radius 1 is 1.40 bits per heavy atom. The van der Waals surface area contributed by atoms with E-state index in [0.717, 1.165) is 19.3 Å². The predicted octanol–water partition coefficient (Wildman–Crippen LogP) is 1.41. The van der Waals surface area contributed by atoms with Crippen LogP contribution in [0.4, 0.5) is 0 Å². The third-order valence-electron chi connectivity index (χ3n) is 4.10. The molecule has 0 spiro atoms. The number of hydrogen-bond donors (Lipinski definition) is 2. The standard InChI is InChI=1S/C16H24N2O2/c1-13-3-2-4-14(11-13)5-8-18-15(19)16(12-17)6-9-20-10-7-16/h2-4,11H,5-10,12,17H2,1H3,(H,18,19). The zero-order valence-electron chi connectivity index (χ0n) is 12.2. The maximum atomic E-state index is 12.4. The molecule has 0 saturated carbocycles. The second-order valence-corrected chi connectivity index (χ2v) is 5.59. The van der Waals surface area contributed by atoms with Crippen molar-refractivity contribution in [3.8, 4) is 0 Å². The highest BCUT2D eigenvalue weighted by molar-refractivity contribution is 5.83. The van der Waals surface area contributed by atoms with E-state index < -0.39 is 5.41 Å². The molecule has 0 atom stereocenters. The van der Waals surface area contributed by atoms with Gasteiger partial charge in [0, 0.05) is 26.3 Å². The van der Waals surface area contributed by atoms with Gasteiger partial charge in [0.1, 0.15) is 0 Å². The first kappa shape index (κ1) is 15.0. The lowest BCUT2D eigenvalue weighted by atomic mass is 9.79. The van der Waals surface area contributed by atoms with E-state index in [1.807, 2.05) is 6.07 Å². The molecule has 0 aliphatic carbocycles. The number of nitrogens with one attached hydrogen (secondary N) is 1. The summed E-state index contributed by atoms with van der Waals surface area (Å²) in [5, 5.41) is 3.04. The van der Waals surface area contributed by atoms with Gasteiger partial charge in [-0.2, -0.15) is 0 Å². The summed E-state index contributed by atoms with van der Waals surface area (Å²) in [6, 6.07) is 8.37. The zero-order chi connectivity index (χ0) is 14.4. The quantitative estimate of drug-likeness (QED) is 0.854. The highest BCUT2D eigenvalue weighted by Gasteiger charge is 2.38. The Bertz CT molecular complexity index is 454. The molecular formula is C16H24N2O2. The van der Waals surface area contributed by atoms with Crippen LogP contribution in [0.2, 0.25) is 0 Å². The predicted molar refractivity (Wildman–Crippen MR) is 79.4 cm³/mol. The van der Waals surface area contributed by atoms with Crippen LogP contribution in [0.1, 0.15) is 24.0 Å². The Morgan fingerprint density at radius 2 is 2.15 bits per heavy atom. The Balaban J connectivity index is 1.85. The van der Waals surface area contributed by atoms with Crippen molar-refractivity contribution >= 4 is 5.91 Å². The molecular weight excluding hydrogens is 252 g/mol. The molecule has 1 fully saturated rings. The summed E-state index contributed by atoms with van der Waals surface area (Å²) in [6.07, 6.45) is 2.30. The average molecular weight is 276 g/mol. The van der Waals surface area contributed by atoms with E-state index in [9.17, 15) is 4.79 Å². The maximum Gasteiger partial charge on any atom is 0.227 e. The van der Waals surface area contributed by atoms with E-state index >= 15 is 0 Å². The minimum absolute atomic E-state index is 0.0796. The van der Waals surface area contributed by atoms with Crippen LogP contribution < -0.4 is 11.1 Å². The monoisotopic (exact) mass is 276 g/mol. The van der Waals surface area contributed by atoms with Crippen LogP contribution in [0, 0.1) is 12.3 Å². The van der Waals surface area contributed by atoms with Crippen LogP contribution in [-0.2, 0) is 16.0 Å². The molecule has 1 amide bonds. The number of carbonyl (C=O) groups excluding carboxylic acids is 1. The normalized spacial score (nSPS) is 17.7. The van der Waals surface area contributed by atoms with Crippen molar-refractivity contribution in [3.05, 3.63) is 35.4 Å². The van der Waals surface area contributed by atoms with E-state index in [2.05, 4.69) is 30.4 Å². The van der Waals surface area contributed by atoms with Gasteiger partial charge in [-0.3, -0.25) is 4.79 Å². The van der Waals surface area contributed by atoms with E-state index in [-0.39, 0.29) is 5.91 Å². The molecule has 1 saturated heterocycles. The zero-order valence-corrected chi connectivity index (χ0v) is 12.2. The van der Waals surface area contributed by atoms with Gasteiger partial charge >= 0.3 is 0 Å². The molecule has 4 heteroatoms. The molecule has 1 heterocycles. The van der Waals surface area contributed by atoms with E-state index in [1.54, 1.807) is 0 Å². The Labute approximate surface area is 120 Å². The molecule has 2 rings (SSSR count). The van der Waals surface area contributed by atoms with Crippen LogP contribution >= 0.6 is 0 Å². The van der Waals surface area contributed by atoms with Gasteiger partial charge < -0.3 is 15.8 Å². The number of nitrogens with two attached hydrogens (primary N) is 1. The first-order valence-electron chi connectivity index (χ1n) is 7.28. The average Bonchev–Trinajstić information content (AvgIpc) is 2.48. The summed E-state index contributed by atoms with van der Waals surface area (Å²) in [7, 11) is 0. The van der Waals surface area contributed by atoms with Crippen molar-refractivity contribution in [1.82, 2.24) is 5.32 Å². The summed E-state index contributed by atoms with van der Waals surface area (Å²) in [4.78, 5) is 12.4. The van der Waals surface area contributed by atoms with E-state index in [4.69, 9.17) is 10.5 Å². The fraction of sp³-hybridized carbons (Fsp3) is 0.562. The van der Waals surface area contributed by atoms with Gasteiger partial charge in [-0.1, -0.05) is 29.8 Å². The molecule has 0 unspecified atom stereocenters. The molecule has 20 heavy (non-hydrogen) atoms. The van der Waals surface area contributed by atoms with Gasteiger partial charge in [0.2, 0.25) is 5.91 Å². The van der Waals surface area contributed by atoms with Crippen LogP contribution in [0.3, 0.4) is 0 Å². The molecule has 1 aliphatic heterocycles. The van der Waals surface area contributed by atoms with Crippen molar-refractivity contribution in [1.29, 1.82) is 0 Å². The first-order valence-corrected chi connectivity index (χ1v) is 7.28. The lowest BCUT2D eigenvalue weighted by molar-refractivity contribution is -0.135. The smallest absolute Gasteiger partial charge is 0.227 e. The highest BCUT2D eigenvalue weighted by Crippen LogP contribution is 2.29. The summed E-state index contributed by atoms with van der Waals surface area (Å²) < 4.78 is 5.33. The van der Waals surface area contributed by atoms with Crippen LogP contribution in [0.15, 0.2) is 24.3 Å². The molecule has 0 aromatic heterocycles. The third-order valence-corrected chi connectivity index (χ3v) is 4.10. The fourth-order valence-corrected chi connectivity index (χ4v) is 2.66. The molecule has 1 aromatic carbocycles. The Hall–Kier alpha value is -1.39. The molecule has 3 N–H and O–H groups in total. The number of benzene rings is 1. The third kappa shape index (κ3) is 3.58. The molecule has 0 bridgehead atoms. The topological polar surface area (TPSA) is 64.4 Å². The molecule has 4 nitrogen and oxygen atoms in total. The first-order chi connectivity index (χ1) is 9.66. The maximum absolute atomic E-state index is 12.4. The molecule has 1 aromatic rings. The number of ether oxygens (including phenoxy) is 1. The van der Waals surface area contributed by atoms with Gasteiger partial charge in [-0.15, -0.1) is 0 Å². The number of hydrogen-bond acceptors (Lipinski definition) is 3. The van der Waals surface area contributed by atoms with Crippen molar-refractivity contribution in [2.75, 3.05) is 26.3 Å². The number of rotatable bonds is 5. The molecule has 110 valence electrons. The van der Waals surface area contributed by atoms with Gasteiger partial charge in [0.05, 0.1) is 5.41 Å². The number of amides is 1. The lowest BCUT2D eigenvalue weighted by Gasteiger charge is -2.34. The summed E-state index contributed by atoms with van der Waals surface area (Å²) in [6.45, 7) is 4.38. The Kier molecular flexibility index (Phi) is 5.15. The fourth-order valence-electron chi connectivity index (χ4n) is 2.66. The second-order valence-electron chi connectivity index (χ2n) is 5.59. The van der Waals surface area contributed by atoms with Gasteiger partial charge in [0.15, 0.2) is 0 Å². The van der Waals surface area contributed by atoms with Crippen molar-refractivity contribution in [2.24, 2.45) is 11.1 Å². The van der Waals surface area contributed by atoms with Gasteiger partial charge in [-0.25, -0.2) is 0 Å². The van der Waals surface area contributed by atoms with E-state index in [1.165, 1.54) is 11.1 Å². The van der Waals surface area contributed by atoms with Gasteiger partial charge in [0.25, 0.3) is 0 Å². The second kappa shape index (κ2) is 6.86. The van der Waals surface area contributed by atoms with Crippen LogP contribution in [0.5, 0.6) is 0 Å². The lowest BCUT2D eigenvalue weighted by Crippen LogP contribution is -2.49. The summed E-state index contributed by atoms with van der Waals surface area (Å²) >= 11 is 0.